The molecule has 0 radical (unpaired) electrons. The van der Waals surface area contributed by atoms with E-state index in [0.29, 0.717) is 6.07 Å². The number of carboxylic acid groups (broad SMARTS) is 1. The van der Waals surface area contributed by atoms with Crippen LogP contribution in [0, 0.1) is 24.0 Å². The van der Waals surface area contributed by atoms with Gasteiger partial charge in [-0.3, -0.25) is 0 Å². The fourth-order valence-electron chi connectivity index (χ4n) is 1.23. The predicted molar refractivity (Wildman–Crippen MR) is 63.4 cm³/mol. The van der Waals surface area contributed by atoms with Gasteiger partial charge in [-0.15, -0.1) is 12.3 Å². The van der Waals surface area contributed by atoms with Crippen molar-refractivity contribution in [1.29, 1.82) is 0 Å². The van der Waals surface area contributed by atoms with Crippen LogP contribution in [0.15, 0.2) is 18.2 Å². The van der Waals surface area contributed by atoms with E-state index >= 15 is 0 Å². The van der Waals surface area contributed by atoms with Gasteiger partial charge in [0, 0.05) is 12.5 Å². The molecule has 0 spiro atoms. The van der Waals surface area contributed by atoms with Crippen molar-refractivity contribution in [2.75, 3.05) is 5.32 Å². The molecule has 5 nitrogen and oxygen atoms in total. The van der Waals surface area contributed by atoms with Crippen molar-refractivity contribution in [3.05, 3.63) is 29.8 Å². The van der Waals surface area contributed by atoms with E-state index in [0.717, 1.165) is 12.1 Å². The Balaban J connectivity index is 2.69. The van der Waals surface area contributed by atoms with E-state index in [1.165, 1.54) is 0 Å². The van der Waals surface area contributed by atoms with Gasteiger partial charge in [-0.25, -0.2) is 18.4 Å². The zero-order chi connectivity index (χ0) is 14.4. The molecule has 1 aromatic rings. The van der Waals surface area contributed by atoms with Gasteiger partial charge < -0.3 is 15.7 Å². The van der Waals surface area contributed by atoms with Crippen LogP contribution in [0.4, 0.5) is 19.3 Å². The van der Waals surface area contributed by atoms with Gasteiger partial charge in [-0.1, -0.05) is 0 Å². The molecule has 0 aliphatic heterocycles. The van der Waals surface area contributed by atoms with Crippen molar-refractivity contribution in [2.24, 2.45) is 0 Å². The third-order valence-corrected chi connectivity index (χ3v) is 2.10. The Kier molecular flexibility index (Phi) is 4.83. The summed E-state index contributed by atoms with van der Waals surface area (Å²) in [4.78, 5) is 22.2. The van der Waals surface area contributed by atoms with E-state index in [4.69, 9.17) is 11.5 Å². The lowest BCUT2D eigenvalue weighted by Crippen LogP contribution is -2.42. The number of halogens is 2. The average Bonchev–Trinajstić information content (AvgIpc) is 2.32. The van der Waals surface area contributed by atoms with Crippen LogP contribution in [0.5, 0.6) is 0 Å². The number of aliphatic carboxylic acids is 1. The Morgan fingerprint density at radius 3 is 2.63 bits per heavy atom. The van der Waals surface area contributed by atoms with Gasteiger partial charge >= 0.3 is 12.0 Å². The van der Waals surface area contributed by atoms with Crippen LogP contribution in [0.1, 0.15) is 6.42 Å². The maximum absolute atomic E-state index is 13.2. The molecule has 19 heavy (non-hydrogen) atoms. The summed E-state index contributed by atoms with van der Waals surface area (Å²) in [6.45, 7) is 0. The molecule has 1 aromatic carbocycles. The Hall–Kier alpha value is -2.62. The predicted octanol–water partition coefficient (Wildman–Crippen LogP) is 1.56. The van der Waals surface area contributed by atoms with E-state index in [9.17, 15) is 18.4 Å². The number of anilines is 1. The molecular weight excluding hydrogens is 258 g/mol. The van der Waals surface area contributed by atoms with E-state index in [2.05, 4.69) is 16.6 Å². The fourth-order valence-corrected chi connectivity index (χ4v) is 1.23. The first-order valence-electron chi connectivity index (χ1n) is 5.13. The number of urea groups is 1. The number of hydrogen-bond donors (Lipinski definition) is 3. The second kappa shape index (κ2) is 6.35. The number of carbonyl (C=O) groups is 2. The monoisotopic (exact) mass is 268 g/mol. The zero-order valence-corrected chi connectivity index (χ0v) is 9.61. The lowest BCUT2D eigenvalue weighted by atomic mass is 10.2. The SMILES string of the molecule is C#CCC(NC(=O)Nc1ccc(F)cc1F)C(=O)O. The highest BCUT2D eigenvalue weighted by Gasteiger charge is 2.19. The van der Waals surface area contributed by atoms with Gasteiger partial charge in [0.25, 0.3) is 0 Å². The molecule has 0 aromatic heterocycles. The van der Waals surface area contributed by atoms with Crippen LogP contribution in [0.3, 0.4) is 0 Å². The highest BCUT2D eigenvalue weighted by atomic mass is 19.1. The van der Waals surface area contributed by atoms with Crippen molar-refractivity contribution in [3.8, 4) is 12.3 Å². The first kappa shape index (κ1) is 14.4. The molecule has 1 rings (SSSR count). The number of terminal acetylenes is 1. The molecule has 3 N–H and O–H groups in total. The largest absolute Gasteiger partial charge is 0.480 e. The Labute approximate surface area is 107 Å². The second-order valence-electron chi connectivity index (χ2n) is 3.52. The molecule has 0 saturated heterocycles. The van der Waals surface area contributed by atoms with Crippen molar-refractivity contribution < 1.29 is 23.5 Å². The summed E-state index contributed by atoms with van der Waals surface area (Å²) in [5.74, 6) is -0.988. The third kappa shape index (κ3) is 4.27. The van der Waals surface area contributed by atoms with E-state index in [1.807, 2.05) is 0 Å². The topological polar surface area (TPSA) is 78.4 Å². The molecule has 0 heterocycles. The molecule has 0 fully saturated rings. The minimum Gasteiger partial charge on any atom is -0.480 e. The standard InChI is InChI=1S/C12H10F2N2O3/c1-2-3-10(11(17)18)16-12(19)15-9-5-4-7(13)6-8(9)14/h1,4-6,10H,3H2,(H,17,18)(H2,15,16,19). The van der Waals surface area contributed by atoms with E-state index in [-0.39, 0.29) is 12.1 Å². The van der Waals surface area contributed by atoms with Gasteiger partial charge in [-0.05, 0) is 12.1 Å². The number of hydrogen-bond acceptors (Lipinski definition) is 2. The molecule has 100 valence electrons. The quantitative estimate of drug-likeness (QED) is 0.725. The van der Waals surface area contributed by atoms with Gasteiger partial charge in [0.05, 0.1) is 5.69 Å². The third-order valence-electron chi connectivity index (χ3n) is 2.10. The van der Waals surface area contributed by atoms with Crippen LogP contribution < -0.4 is 10.6 Å². The number of benzene rings is 1. The van der Waals surface area contributed by atoms with Gasteiger partial charge in [-0.2, -0.15) is 0 Å². The van der Waals surface area contributed by atoms with E-state index in [1.54, 1.807) is 0 Å². The zero-order valence-electron chi connectivity index (χ0n) is 9.61. The van der Waals surface area contributed by atoms with Crippen molar-refractivity contribution in [2.45, 2.75) is 12.5 Å². The molecule has 1 atom stereocenters. The van der Waals surface area contributed by atoms with Gasteiger partial charge in [0.2, 0.25) is 0 Å². The Bertz CT molecular complexity index is 540. The minimum atomic E-state index is -1.31. The molecule has 1 unspecified atom stereocenters. The lowest BCUT2D eigenvalue weighted by molar-refractivity contribution is -0.139. The summed E-state index contributed by atoms with van der Waals surface area (Å²) in [5, 5.41) is 12.9. The number of carboxylic acids is 1. The maximum Gasteiger partial charge on any atom is 0.327 e. The molecule has 0 saturated carbocycles. The first-order valence-corrected chi connectivity index (χ1v) is 5.13. The Morgan fingerprint density at radius 2 is 2.11 bits per heavy atom. The maximum atomic E-state index is 13.2. The molecule has 7 heteroatoms. The highest BCUT2D eigenvalue weighted by molar-refractivity contribution is 5.92. The van der Waals surface area contributed by atoms with Crippen molar-refractivity contribution in [1.82, 2.24) is 5.32 Å². The number of amides is 2. The highest BCUT2D eigenvalue weighted by Crippen LogP contribution is 2.14. The van der Waals surface area contributed by atoms with Crippen molar-refractivity contribution >= 4 is 17.7 Å². The first-order chi connectivity index (χ1) is 8.93. The smallest absolute Gasteiger partial charge is 0.327 e. The minimum absolute atomic E-state index is 0.214. The average molecular weight is 268 g/mol. The van der Waals surface area contributed by atoms with Gasteiger partial charge in [0.1, 0.15) is 17.7 Å². The Morgan fingerprint density at radius 1 is 1.42 bits per heavy atom. The van der Waals surface area contributed by atoms with E-state index < -0.39 is 29.7 Å². The lowest BCUT2D eigenvalue weighted by Gasteiger charge is -2.13. The normalized spacial score (nSPS) is 11.2. The summed E-state index contributed by atoms with van der Waals surface area (Å²) in [7, 11) is 0. The molecule has 2 amide bonds. The summed E-state index contributed by atoms with van der Waals surface area (Å²) in [6, 6.07) is 0.323. The summed E-state index contributed by atoms with van der Waals surface area (Å²) >= 11 is 0. The van der Waals surface area contributed by atoms with Crippen LogP contribution in [-0.2, 0) is 4.79 Å². The van der Waals surface area contributed by atoms with Crippen LogP contribution >= 0.6 is 0 Å². The molecule has 0 aliphatic rings. The van der Waals surface area contributed by atoms with Crippen LogP contribution in [-0.4, -0.2) is 23.1 Å². The van der Waals surface area contributed by atoms with Crippen molar-refractivity contribution in [3.63, 3.8) is 0 Å². The number of carbonyl (C=O) groups excluding carboxylic acids is 1. The summed E-state index contributed by atoms with van der Waals surface area (Å²) in [6.07, 6.45) is 4.74. The molecule has 0 aliphatic carbocycles. The van der Waals surface area contributed by atoms with Crippen LogP contribution in [0.2, 0.25) is 0 Å². The van der Waals surface area contributed by atoms with Crippen LogP contribution in [0.25, 0.3) is 0 Å². The fraction of sp³-hybridized carbons (Fsp3) is 0.167. The summed E-state index contributed by atoms with van der Waals surface area (Å²) < 4.78 is 25.9. The molecule has 0 bridgehead atoms. The molecular formula is C12H10F2N2O3. The van der Waals surface area contributed by atoms with Gasteiger partial charge in [0.15, 0.2) is 0 Å². The summed E-state index contributed by atoms with van der Waals surface area (Å²) in [5.41, 5.74) is -0.274. The second-order valence-corrected chi connectivity index (χ2v) is 3.52. The number of nitrogens with one attached hydrogen (secondary N) is 2. The number of rotatable bonds is 4.